The predicted molar refractivity (Wildman–Crippen MR) is 104 cm³/mol. The van der Waals surface area contributed by atoms with Gasteiger partial charge in [-0.2, -0.15) is 0 Å². The fourth-order valence-electron chi connectivity index (χ4n) is 2.36. The third-order valence-corrected chi connectivity index (χ3v) is 4.03. The van der Waals surface area contributed by atoms with E-state index in [0.29, 0.717) is 5.02 Å². The highest BCUT2D eigenvalue weighted by Gasteiger charge is 2.22. The highest BCUT2D eigenvalue weighted by molar-refractivity contribution is 6.30. The molecule has 0 unspecified atom stereocenters. The number of nitrogens with one attached hydrogen (secondary N) is 2. The summed E-state index contributed by atoms with van der Waals surface area (Å²) in [4.78, 5) is 35.7. The van der Waals surface area contributed by atoms with Crippen molar-refractivity contribution >= 4 is 29.6 Å². The molecule has 148 valence electrons. The highest BCUT2D eigenvalue weighted by Crippen LogP contribution is 2.11. The SMILES string of the molecule is COC(=O)[C@H](Cc1ccc(Cl)cc1)NC(=O)CNC(=O)OCc1ccccc1. The van der Waals surface area contributed by atoms with Gasteiger partial charge in [0.05, 0.1) is 7.11 Å². The van der Waals surface area contributed by atoms with E-state index in [2.05, 4.69) is 10.6 Å². The van der Waals surface area contributed by atoms with E-state index in [4.69, 9.17) is 21.1 Å². The third kappa shape index (κ3) is 7.28. The summed E-state index contributed by atoms with van der Waals surface area (Å²) >= 11 is 5.84. The summed E-state index contributed by atoms with van der Waals surface area (Å²) < 4.78 is 9.76. The number of benzene rings is 2. The second kappa shape index (κ2) is 10.9. The standard InChI is InChI=1S/C20H21ClN2O5/c1-27-19(25)17(11-14-7-9-16(21)10-8-14)23-18(24)12-22-20(26)28-13-15-5-3-2-4-6-15/h2-10,17H,11-13H2,1H3,(H,22,26)(H,23,24)/t17-/m0/s1. The summed E-state index contributed by atoms with van der Waals surface area (Å²) in [7, 11) is 1.24. The minimum Gasteiger partial charge on any atom is -0.467 e. The van der Waals surface area contributed by atoms with Crippen LogP contribution < -0.4 is 10.6 Å². The lowest BCUT2D eigenvalue weighted by Gasteiger charge is -2.17. The zero-order chi connectivity index (χ0) is 20.4. The van der Waals surface area contributed by atoms with Crippen LogP contribution in [0.4, 0.5) is 4.79 Å². The topological polar surface area (TPSA) is 93.7 Å². The summed E-state index contributed by atoms with van der Waals surface area (Å²) in [5.41, 5.74) is 1.63. The van der Waals surface area contributed by atoms with E-state index in [1.165, 1.54) is 7.11 Å². The molecule has 0 fully saturated rings. The number of carbonyl (C=O) groups excluding carboxylic acids is 3. The van der Waals surface area contributed by atoms with Crippen LogP contribution >= 0.6 is 11.6 Å². The normalized spacial score (nSPS) is 11.2. The number of carbonyl (C=O) groups is 3. The van der Waals surface area contributed by atoms with Gasteiger partial charge in [0.25, 0.3) is 0 Å². The zero-order valence-electron chi connectivity index (χ0n) is 15.3. The number of ether oxygens (including phenoxy) is 2. The number of esters is 1. The largest absolute Gasteiger partial charge is 0.467 e. The molecular weight excluding hydrogens is 384 g/mol. The Labute approximate surface area is 168 Å². The fraction of sp³-hybridized carbons (Fsp3) is 0.250. The molecule has 0 aromatic heterocycles. The number of rotatable bonds is 8. The molecule has 0 saturated heterocycles. The molecule has 2 aromatic rings. The number of halogens is 1. The Bertz CT molecular complexity index is 796. The van der Waals surface area contributed by atoms with Gasteiger partial charge in [0.2, 0.25) is 5.91 Å². The molecule has 0 heterocycles. The van der Waals surface area contributed by atoms with Crippen LogP contribution in [0.25, 0.3) is 0 Å². The van der Waals surface area contributed by atoms with Crippen molar-refractivity contribution in [2.75, 3.05) is 13.7 Å². The molecule has 8 heteroatoms. The molecule has 0 radical (unpaired) electrons. The Hall–Kier alpha value is -3.06. The number of hydrogen-bond acceptors (Lipinski definition) is 5. The highest BCUT2D eigenvalue weighted by atomic mass is 35.5. The maximum atomic E-state index is 12.1. The molecule has 7 nitrogen and oxygen atoms in total. The van der Waals surface area contributed by atoms with E-state index < -0.39 is 24.0 Å². The molecule has 0 aliphatic rings. The van der Waals surface area contributed by atoms with E-state index in [1.807, 2.05) is 30.3 Å². The van der Waals surface area contributed by atoms with Gasteiger partial charge in [-0.25, -0.2) is 9.59 Å². The molecule has 2 N–H and O–H groups in total. The Morgan fingerprint density at radius 1 is 1.00 bits per heavy atom. The van der Waals surface area contributed by atoms with Crippen molar-refractivity contribution < 1.29 is 23.9 Å². The van der Waals surface area contributed by atoms with Crippen molar-refractivity contribution in [2.45, 2.75) is 19.1 Å². The van der Waals surface area contributed by atoms with Gasteiger partial charge in [0, 0.05) is 11.4 Å². The van der Waals surface area contributed by atoms with Crippen molar-refractivity contribution in [1.82, 2.24) is 10.6 Å². The second-order valence-corrected chi connectivity index (χ2v) is 6.33. The molecule has 2 rings (SSSR count). The number of methoxy groups -OCH3 is 1. The Morgan fingerprint density at radius 3 is 2.32 bits per heavy atom. The van der Waals surface area contributed by atoms with Crippen LogP contribution in [0.1, 0.15) is 11.1 Å². The Balaban J connectivity index is 1.81. The van der Waals surface area contributed by atoms with Crippen molar-refractivity contribution in [2.24, 2.45) is 0 Å². The monoisotopic (exact) mass is 404 g/mol. The average molecular weight is 405 g/mol. The van der Waals surface area contributed by atoms with Crippen LogP contribution in [-0.2, 0) is 32.1 Å². The summed E-state index contributed by atoms with van der Waals surface area (Å²) in [6.45, 7) is -0.239. The Kier molecular flexibility index (Phi) is 8.30. The van der Waals surface area contributed by atoms with Crippen LogP contribution in [0.3, 0.4) is 0 Å². The first-order valence-corrected chi connectivity index (χ1v) is 8.92. The first-order chi connectivity index (χ1) is 13.5. The van der Waals surface area contributed by atoms with Crippen LogP contribution in [0.15, 0.2) is 54.6 Å². The van der Waals surface area contributed by atoms with Gasteiger partial charge in [-0.15, -0.1) is 0 Å². The fourth-order valence-corrected chi connectivity index (χ4v) is 2.49. The van der Waals surface area contributed by atoms with Crippen molar-refractivity contribution in [3.05, 3.63) is 70.7 Å². The second-order valence-electron chi connectivity index (χ2n) is 5.89. The van der Waals surface area contributed by atoms with Gasteiger partial charge in [0.15, 0.2) is 0 Å². The van der Waals surface area contributed by atoms with Crippen LogP contribution in [0.5, 0.6) is 0 Å². The van der Waals surface area contributed by atoms with Crippen LogP contribution in [0, 0.1) is 0 Å². The van der Waals surface area contributed by atoms with E-state index >= 15 is 0 Å². The lowest BCUT2D eigenvalue weighted by molar-refractivity contribution is -0.144. The molecule has 0 saturated carbocycles. The van der Waals surface area contributed by atoms with Gasteiger partial charge >= 0.3 is 12.1 Å². The first-order valence-electron chi connectivity index (χ1n) is 8.54. The molecular formula is C20H21ClN2O5. The predicted octanol–water partition coefficient (Wildman–Crippen LogP) is 2.47. The average Bonchev–Trinajstić information content (AvgIpc) is 2.72. The van der Waals surface area contributed by atoms with Crippen LogP contribution in [0.2, 0.25) is 5.02 Å². The summed E-state index contributed by atoms with van der Waals surface area (Å²) in [5, 5.41) is 5.46. The molecule has 0 aliphatic heterocycles. The maximum absolute atomic E-state index is 12.1. The summed E-state index contributed by atoms with van der Waals surface area (Å²) in [5.74, 6) is -1.13. The van der Waals surface area contributed by atoms with Crippen molar-refractivity contribution in [1.29, 1.82) is 0 Å². The quantitative estimate of drug-likeness (QED) is 0.659. The lowest BCUT2D eigenvalue weighted by atomic mass is 10.1. The zero-order valence-corrected chi connectivity index (χ0v) is 16.1. The maximum Gasteiger partial charge on any atom is 0.407 e. The molecule has 1 atom stereocenters. The van der Waals surface area contributed by atoms with Crippen molar-refractivity contribution in [3.8, 4) is 0 Å². The van der Waals surface area contributed by atoms with Gasteiger partial charge in [-0.1, -0.05) is 54.1 Å². The van der Waals surface area contributed by atoms with Gasteiger partial charge in [0.1, 0.15) is 19.2 Å². The molecule has 0 bridgehead atoms. The number of alkyl carbamates (subject to hydrolysis) is 1. The molecule has 28 heavy (non-hydrogen) atoms. The van der Waals surface area contributed by atoms with Crippen molar-refractivity contribution in [3.63, 3.8) is 0 Å². The molecule has 2 aromatic carbocycles. The van der Waals surface area contributed by atoms with E-state index in [1.54, 1.807) is 24.3 Å². The molecule has 0 aliphatic carbocycles. The smallest absolute Gasteiger partial charge is 0.407 e. The van der Waals surface area contributed by atoms with Gasteiger partial charge < -0.3 is 20.1 Å². The van der Waals surface area contributed by atoms with E-state index in [0.717, 1.165) is 11.1 Å². The lowest BCUT2D eigenvalue weighted by Crippen LogP contribution is -2.47. The minimum absolute atomic E-state index is 0.0929. The summed E-state index contributed by atoms with van der Waals surface area (Å²) in [6.07, 6.45) is -0.500. The summed E-state index contributed by atoms with van der Waals surface area (Å²) in [6, 6.07) is 15.2. The van der Waals surface area contributed by atoms with Crippen LogP contribution in [-0.4, -0.2) is 37.7 Å². The Morgan fingerprint density at radius 2 is 1.68 bits per heavy atom. The minimum atomic E-state index is -0.888. The first kappa shape index (κ1) is 21.2. The van der Waals surface area contributed by atoms with Gasteiger partial charge in [-0.05, 0) is 23.3 Å². The third-order valence-electron chi connectivity index (χ3n) is 3.78. The molecule has 0 spiro atoms. The van der Waals surface area contributed by atoms with Gasteiger partial charge in [-0.3, -0.25) is 4.79 Å². The van der Waals surface area contributed by atoms with E-state index in [-0.39, 0.29) is 19.6 Å². The van der Waals surface area contributed by atoms with E-state index in [9.17, 15) is 14.4 Å². The number of hydrogen-bond donors (Lipinski definition) is 2. The number of amides is 2. The molecule has 2 amide bonds.